The lowest BCUT2D eigenvalue weighted by molar-refractivity contribution is 0.102. The molecule has 2 aromatic carbocycles. The van der Waals surface area contributed by atoms with E-state index in [9.17, 15) is 14.4 Å². The van der Waals surface area contributed by atoms with Crippen molar-refractivity contribution in [1.29, 1.82) is 0 Å². The fourth-order valence-corrected chi connectivity index (χ4v) is 2.34. The van der Waals surface area contributed by atoms with Crippen LogP contribution in [0.2, 0.25) is 0 Å². The molecule has 0 saturated carbocycles. The lowest BCUT2D eigenvalue weighted by Gasteiger charge is -2.08. The highest BCUT2D eigenvalue weighted by atomic mass is 16.2. The maximum Gasteiger partial charge on any atom is 0.270 e. The van der Waals surface area contributed by atoms with Gasteiger partial charge in [-0.3, -0.25) is 24.6 Å². The van der Waals surface area contributed by atoms with E-state index < -0.39 is 5.56 Å². The molecule has 116 valence electrons. The van der Waals surface area contributed by atoms with Crippen molar-refractivity contribution in [3.63, 3.8) is 0 Å². The van der Waals surface area contributed by atoms with Gasteiger partial charge in [0, 0.05) is 11.3 Å². The third-order valence-electron chi connectivity index (χ3n) is 3.83. The summed E-state index contributed by atoms with van der Waals surface area (Å²) in [6, 6.07) is 10.0. The van der Waals surface area contributed by atoms with Crippen LogP contribution in [0, 0.1) is 13.8 Å². The lowest BCUT2D eigenvalue weighted by atomic mass is 10.1. The largest absolute Gasteiger partial charge is 0.322 e. The van der Waals surface area contributed by atoms with Gasteiger partial charge in [-0.2, -0.15) is 0 Å². The van der Waals surface area contributed by atoms with E-state index in [2.05, 4.69) is 15.5 Å². The zero-order valence-electron chi connectivity index (χ0n) is 12.7. The Kier molecular flexibility index (Phi) is 3.57. The number of rotatable bonds is 2. The van der Waals surface area contributed by atoms with Crippen LogP contribution < -0.4 is 16.4 Å². The molecule has 0 aliphatic rings. The molecule has 1 amide bonds. The number of hydrogen-bond donors (Lipinski definition) is 3. The molecule has 0 fully saturated rings. The van der Waals surface area contributed by atoms with Gasteiger partial charge in [0.25, 0.3) is 17.0 Å². The van der Waals surface area contributed by atoms with Crippen LogP contribution in [-0.2, 0) is 0 Å². The molecule has 0 aliphatic heterocycles. The fraction of sp³-hybridized carbons (Fsp3) is 0.118. The molecule has 6 heteroatoms. The SMILES string of the molecule is Cc1ccc(C(=O)Nc2ccc3c(=O)[nH][nH]c(=O)c3c2)cc1C. The van der Waals surface area contributed by atoms with E-state index in [-0.39, 0.29) is 22.2 Å². The van der Waals surface area contributed by atoms with Crippen LogP contribution in [0.1, 0.15) is 21.5 Å². The molecule has 0 aliphatic carbocycles. The Bertz CT molecular complexity index is 1030. The average molecular weight is 309 g/mol. The number of aromatic nitrogens is 2. The van der Waals surface area contributed by atoms with Crippen molar-refractivity contribution in [3.8, 4) is 0 Å². The third kappa shape index (κ3) is 2.78. The molecule has 0 atom stereocenters. The number of aryl methyl sites for hydroxylation is 2. The van der Waals surface area contributed by atoms with Crippen LogP contribution in [-0.4, -0.2) is 16.1 Å². The minimum atomic E-state index is -0.415. The highest BCUT2D eigenvalue weighted by Gasteiger charge is 2.09. The number of fused-ring (bicyclic) bond motifs is 1. The molecule has 0 radical (unpaired) electrons. The van der Waals surface area contributed by atoms with Gasteiger partial charge in [0.05, 0.1) is 10.8 Å². The van der Waals surface area contributed by atoms with Gasteiger partial charge in [0.15, 0.2) is 0 Å². The summed E-state index contributed by atoms with van der Waals surface area (Å²) in [5.74, 6) is -0.270. The summed E-state index contributed by atoms with van der Waals surface area (Å²) in [6.45, 7) is 3.91. The van der Waals surface area contributed by atoms with Gasteiger partial charge in [-0.15, -0.1) is 0 Å². The van der Waals surface area contributed by atoms with Crippen molar-refractivity contribution in [2.75, 3.05) is 5.32 Å². The van der Waals surface area contributed by atoms with Gasteiger partial charge in [0.1, 0.15) is 0 Å². The Labute approximate surface area is 131 Å². The molecule has 0 bridgehead atoms. The molecule has 6 nitrogen and oxygen atoms in total. The van der Waals surface area contributed by atoms with Crippen LogP contribution in [0.4, 0.5) is 5.69 Å². The monoisotopic (exact) mass is 309 g/mol. The quantitative estimate of drug-likeness (QED) is 0.676. The van der Waals surface area contributed by atoms with Crippen molar-refractivity contribution >= 4 is 22.4 Å². The van der Waals surface area contributed by atoms with E-state index in [1.54, 1.807) is 12.1 Å². The smallest absolute Gasteiger partial charge is 0.270 e. The summed E-state index contributed by atoms with van der Waals surface area (Å²) < 4.78 is 0. The predicted octanol–water partition coefficient (Wildman–Crippen LogP) is 2.09. The highest BCUT2D eigenvalue weighted by Crippen LogP contribution is 2.16. The van der Waals surface area contributed by atoms with Crippen LogP contribution in [0.15, 0.2) is 46.0 Å². The zero-order chi connectivity index (χ0) is 16.6. The Morgan fingerprint density at radius 2 is 1.57 bits per heavy atom. The van der Waals surface area contributed by atoms with E-state index in [0.717, 1.165) is 11.1 Å². The second kappa shape index (κ2) is 5.57. The van der Waals surface area contributed by atoms with E-state index in [1.807, 2.05) is 26.0 Å². The van der Waals surface area contributed by atoms with Crippen molar-refractivity contribution in [1.82, 2.24) is 10.2 Å². The first kappa shape index (κ1) is 14.8. The van der Waals surface area contributed by atoms with E-state index >= 15 is 0 Å². The van der Waals surface area contributed by atoms with E-state index in [1.165, 1.54) is 12.1 Å². The molecule has 0 spiro atoms. The first-order valence-corrected chi connectivity index (χ1v) is 7.09. The number of carbonyl (C=O) groups excluding carboxylic acids is 1. The molecule has 3 N–H and O–H groups in total. The average Bonchev–Trinajstić information content (AvgIpc) is 2.53. The molecule has 23 heavy (non-hydrogen) atoms. The van der Waals surface area contributed by atoms with Crippen LogP contribution in [0.5, 0.6) is 0 Å². The number of H-pyrrole nitrogens is 2. The van der Waals surface area contributed by atoms with Gasteiger partial charge >= 0.3 is 0 Å². The Morgan fingerprint density at radius 1 is 0.870 bits per heavy atom. The summed E-state index contributed by atoms with van der Waals surface area (Å²) in [6.07, 6.45) is 0. The number of anilines is 1. The fourth-order valence-electron chi connectivity index (χ4n) is 2.34. The molecule has 3 rings (SSSR count). The number of hydrogen-bond acceptors (Lipinski definition) is 3. The summed E-state index contributed by atoms with van der Waals surface area (Å²) in [4.78, 5) is 35.7. The first-order valence-electron chi connectivity index (χ1n) is 7.09. The van der Waals surface area contributed by atoms with Gasteiger partial charge in [-0.25, -0.2) is 0 Å². The number of amides is 1. The van der Waals surface area contributed by atoms with Crippen LogP contribution in [0.25, 0.3) is 10.8 Å². The lowest BCUT2D eigenvalue weighted by Crippen LogP contribution is -2.19. The number of carbonyl (C=O) groups is 1. The van der Waals surface area contributed by atoms with Crippen LogP contribution in [0.3, 0.4) is 0 Å². The van der Waals surface area contributed by atoms with Crippen LogP contribution >= 0.6 is 0 Å². The summed E-state index contributed by atoms with van der Waals surface area (Å²) in [5.41, 5.74) is 2.33. The molecular weight excluding hydrogens is 294 g/mol. The number of aromatic amines is 2. The summed E-state index contributed by atoms with van der Waals surface area (Å²) in [5, 5.41) is 7.77. The second-order valence-electron chi connectivity index (χ2n) is 5.42. The Morgan fingerprint density at radius 3 is 2.26 bits per heavy atom. The van der Waals surface area contributed by atoms with E-state index in [4.69, 9.17) is 0 Å². The first-order chi connectivity index (χ1) is 11.0. The maximum absolute atomic E-state index is 12.3. The van der Waals surface area contributed by atoms with Gasteiger partial charge in [-0.1, -0.05) is 6.07 Å². The molecule has 3 aromatic rings. The van der Waals surface area contributed by atoms with Crippen molar-refractivity contribution in [2.45, 2.75) is 13.8 Å². The highest BCUT2D eigenvalue weighted by molar-refractivity contribution is 6.05. The van der Waals surface area contributed by atoms with Crippen molar-refractivity contribution in [2.24, 2.45) is 0 Å². The minimum absolute atomic E-state index is 0.228. The Hall–Kier alpha value is -3.15. The number of nitrogens with one attached hydrogen (secondary N) is 3. The standard InChI is InChI=1S/C17H15N3O3/c1-9-3-4-11(7-10(9)2)15(21)18-12-5-6-13-14(8-12)17(23)20-19-16(13)22/h3-8H,1-2H3,(H,18,21)(H,19,22)(H,20,23). The zero-order valence-corrected chi connectivity index (χ0v) is 12.7. The van der Waals surface area contributed by atoms with E-state index in [0.29, 0.717) is 11.3 Å². The molecule has 1 aromatic heterocycles. The molecule has 0 saturated heterocycles. The third-order valence-corrected chi connectivity index (χ3v) is 3.83. The maximum atomic E-state index is 12.3. The minimum Gasteiger partial charge on any atom is -0.322 e. The van der Waals surface area contributed by atoms with Gasteiger partial charge in [-0.05, 0) is 55.3 Å². The Balaban J connectivity index is 1.96. The summed E-state index contributed by atoms with van der Waals surface area (Å²) in [7, 11) is 0. The van der Waals surface area contributed by atoms with Crippen molar-refractivity contribution in [3.05, 3.63) is 73.8 Å². The molecule has 0 unspecified atom stereocenters. The number of benzene rings is 2. The second-order valence-corrected chi connectivity index (χ2v) is 5.42. The topological polar surface area (TPSA) is 94.8 Å². The molecular formula is C17H15N3O3. The normalized spacial score (nSPS) is 10.7. The predicted molar refractivity (Wildman–Crippen MR) is 89.1 cm³/mol. The van der Waals surface area contributed by atoms with Gasteiger partial charge < -0.3 is 5.32 Å². The van der Waals surface area contributed by atoms with Crippen molar-refractivity contribution < 1.29 is 4.79 Å². The summed E-state index contributed by atoms with van der Waals surface area (Å²) >= 11 is 0. The molecule has 1 heterocycles. The van der Waals surface area contributed by atoms with Gasteiger partial charge in [0.2, 0.25) is 0 Å².